The van der Waals surface area contributed by atoms with E-state index in [1.807, 2.05) is 0 Å². The largest absolute Gasteiger partial charge is 0.489 e. The number of ether oxygens (including phenoxy) is 2. The van der Waals surface area contributed by atoms with Gasteiger partial charge in [-0.15, -0.1) is 0 Å². The van der Waals surface area contributed by atoms with Crippen LogP contribution in [0.3, 0.4) is 0 Å². The minimum Gasteiger partial charge on any atom is -0.489 e. The van der Waals surface area contributed by atoms with E-state index in [0.29, 0.717) is 36.7 Å². The molecule has 3 rings (SSSR count). The predicted molar refractivity (Wildman–Crippen MR) is 105 cm³/mol. The average molecular weight is 443 g/mol. The van der Waals surface area contributed by atoms with Crippen LogP contribution >= 0.6 is 11.6 Å². The van der Waals surface area contributed by atoms with Crippen LogP contribution in [0, 0.1) is 0 Å². The Morgan fingerprint density at radius 1 is 1.07 bits per heavy atom. The molecule has 0 saturated carbocycles. The van der Waals surface area contributed by atoms with Crippen molar-refractivity contribution in [2.45, 2.75) is 25.9 Å². The zero-order chi connectivity index (χ0) is 21.9. The van der Waals surface area contributed by atoms with Gasteiger partial charge in [0, 0.05) is 13.3 Å². The number of anilines is 2. The molecule has 0 bridgehead atoms. The van der Waals surface area contributed by atoms with Crippen molar-refractivity contribution in [3.8, 4) is 11.5 Å². The number of hydrogen-bond donors (Lipinski definition) is 2. The molecule has 10 heteroatoms. The Hall–Kier alpha value is -2.94. The Bertz CT molecular complexity index is 979. The summed E-state index contributed by atoms with van der Waals surface area (Å²) < 4.78 is 50.2. The molecule has 2 aromatic rings. The van der Waals surface area contributed by atoms with Gasteiger partial charge in [-0.25, -0.2) is 0 Å². The third-order valence-corrected chi connectivity index (χ3v) is 4.44. The third kappa shape index (κ3) is 5.35. The summed E-state index contributed by atoms with van der Waals surface area (Å²) in [4.78, 5) is 23.8. The lowest BCUT2D eigenvalue weighted by atomic mass is 10.1. The number of benzene rings is 2. The van der Waals surface area contributed by atoms with Crippen molar-refractivity contribution in [3.63, 3.8) is 0 Å². The van der Waals surface area contributed by atoms with Crippen molar-refractivity contribution >= 4 is 34.8 Å². The summed E-state index contributed by atoms with van der Waals surface area (Å²) in [5, 5.41) is 5.09. The van der Waals surface area contributed by atoms with Gasteiger partial charge in [-0.05, 0) is 35.9 Å². The smallest absolute Gasteiger partial charge is 0.416 e. The van der Waals surface area contributed by atoms with Gasteiger partial charge in [-0.1, -0.05) is 11.6 Å². The van der Waals surface area contributed by atoms with Crippen LogP contribution < -0.4 is 20.1 Å². The van der Waals surface area contributed by atoms with E-state index in [9.17, 15) is 22.8 Å². The first-order valence-corrected chi connectivity index (χ1v) is 9.38. The molecule has 0 radical (unpaired) electrons. The molecule has 1 heterocycles. The van der Waals surface area contributed by atoms with E-state index in [0.717, 1.165) is 18.2 Å². The molecule has 0 fully saturated rings. The summed E-state index contributed by atoms with van der Waals surface area (Å²) in [6.45, 7) is 2.10. The van der Waals surface area contributed by atoms with Gasteiger partial charge in [0.05, 0.1) is 41.6 Å². The fraction of sp³-hybridized carbons (Fsp3) is 0.300. The maximum absolute atomic E-state index is 13.0. The van der Waals surface area contributed by atoms with Gasteiger partial charge in [0.25, 0.3) is 0 Å². The van der Waals surface area contributed by atoms with Crippen LogP contribution in [-0.4, -0.2) is 25.0 Å². The molecule has 160 valence electrons. The van der Waals surface area contributed by atoms with Crippen molar-refractivity contribution < 1.29 is 32.2 Å². The van der Waals surface area contributed by atoms with Crippen molar-refractivity contribution in [3.05, 3.63) is 46.5 Å². The minimum absolute atomic E-state index is 0.0561. The summed E-state index contributed by atoms with van der Waals surface area (Å²) in [7, 11) is 0. The van der Waals surface area contributed by atoms with Crippen LogP contribution in [0.5, 0.6) is 11.5 Å². The number of nitrogens with one attached hydrogen (secondary N) is 2. The second-order valence-electron chi connectivity index (χ2n) is 6.62. The van der Waals surface area contributed by atoms with Crippen molar-refractivity contribution in [2.24, 2.45) is 0 Å². The number of hydrogen-bond acceptors (Lipinski definition) is 4. The summed E-state index contributed by atoms with van der Waals surface area (Å²) in [5.41, 5.74) is -0.564. The van der Waals surface area contributed by atoms with Crippen LogP contribution in [0.1, 0.15) is 24.5 Å². The quantitative estimate of drug-likeness (QED) is 0.722. The lowest BCUT2D eigenvalue weighted by molar-refractivity contribution is -0.137. The van der Waals surface area contributed by atoms with Gasteiger partial charge in [0.1, 0.15) is 0 Å². The number of alkyl halides is 3. The summed E-state index contributed by atoms with van der Waals surface area (Å²) in [6, 6.07) is 5.82. The second-order valence-corrected chi connectivity index (χ2v) is 7.03. The van der Waals surface area contributed by atoms with E-state index in [2.05, 4.69) is 10.6 Å². The molecule has 1 aliphatic rings. The van der Waals surface area contributed by atoms with E-state index >= 15 is 0 Å². The standard InChI is InChI=1S/C20H18ClF3N2O4/c1-11(27)25-15-4-3-13(20(22,23)24)10-16(15)26-18(28)9-12-7-14(21)19-17(8-12)29-5-2-6-30-19/h3-4,7-8,10H,2,5-6,9H2,1H3,(H,25,27)(H,26,28). The fourth-order valence-corrected chi connectivity index (χ4v) is 3.18. The zero-order valence-electron chi connectivity index (χ0n) is 15.9. The van der Waals surface area contributed by atoms with Gasteiger partial charge in [-0.3, -0.25) is 9.59 Å². The van der Waals surface area contributed by atoms with Crippen LogP contribution in [0.25, 0.3) is 0 Å². The maximum atomic E-state index is 13.0. The molecule has 30 heavy (non-hydrogen) atoms. The molecule has 0 spiro atoms. The Balaban J connectivity index is 1.82. The van der Waals surface area contributed by atoms with E-state index in [1.165, 1.54) is 13.0 Å². The third-order valence-electron chi connectivity index (χ3n) is 4.16. The molecule has 2 amide bonds. The lowest BCUT2D eigenvalue weighted by Crippen LogP contribution is -2.18. The Morgan fingerprint density at radius 2 is 1.80 bits per heavy atom. The number of carbonyl (C=O) groups excluding carboxylic acids is 2. The van der Waals surface area contributed by atoms with Crippen LogP contribution in [-0.2, 0) is 22.2 Å². The van der Waals surface area contributed by atoms with Gasteiger partial charge in [0.2, 0.25) is 11.8 Å². The topological polar surface area (TPSA) is 76.7 Å². The molecule has 0 aliphatic carbocycles. The molecular formula is C20H18ClF3N2O4. The van der Waals surface area contributed by atoms with Crippen LogP contribution in [0.4, 0.5) is 24.5 Å². The average Bonchev–Trinajstić information content (AvgIpc) is 2.87. The predicted octanol–water partition coefficient (Wildman–Crippen LogP) is 4.66. The highest BCUT2D eigenvalue weighted by Gasteiger charge is 2.31. The second kappa shape index (κ2) is 8.83. The maximum Gasteiger partial charge on any atom is 0.416 e. The highest BCUT2D eigenvalue weighted by molar-refractivity contribution is 6.32. The Labute approximate surface area is 175 Å². The molecule has 6 nitrogen and oxygen atoms in total. The van der Waals surface area contributed by atoms with Gasteiger partial charge in [-0.2, -0.15) is 13.2 Å². The minimum atomic E-state index is -4.60. The fourth-order valence-electron chi connectivity index (χ4n) is 2.89. The number of fused-ring (bicyclic) bond motifs is 1. The molecule has 0 unspecified atom stereocenters. The van der Waals surface area contributed by atoms with Crippen molar-refractivity contribution in [1.29, 1.82) is 0 Å². The number of rotatable bonds is 4. The summed E-state index contributed by atoms with van der Waals surface area (Å²) in [5.74, 6) is -0.281. The highest BCUT2D eigenvalue weighted by Crippen LogP contribution is 2.38. The Kier molecular flexibility index (Phi) is 6.40. The van der Waals surface area contributed by atoms with Crippen molar-refractivity contribution in [1.82, 2.24) is 0 Å². The van der Waals surface area contributed by atoms with E-state index in [1.54, 1.807) is 6.07 Å². The lowest BCUT2D eigenvalue weighted by Gasteiger charge is -2.15. The molecule has 2 aromatic carbocycles. The summed E-state index contributed by atoms with van der Waals surface area (Å²) in [6.07, 6.45) is -4.09. The first kappa shape index (κ1) is 21.8. The molecule has 0 saturated heterocycles. The van der Waals surface area contributed by atoms with Gasteiger partial charge >= 0.3 is 6.18 Å². The normalized spacial score (nSPS) is 13.4. The molecule has 1 aliphatic heterocycles. The monoisotopic (exact) mass is 442 g/mol. The summed E-state index contributed by atoms with van der Waals surface area (Å²) >= 11 is 6.21. The van der Waals surface area contributed by atoms with Crippen LogP contribution in [0.2, 0.25) is 5.02 Å². The first-order chi connectivity index (χ1) is 14.1. The molecule has 0 atom stereocenters. The van der Waals surface area contributed by atoms with Gasteiger partial charge in [0.15, 0.2) is 11.5 Å². The number of amides is 2. The Morgan fingerprint density at radius 3 is 2.50 bits per heavy atom. The van der Waals surface area contributed by atoms with Crippen LogP contribution in [0.15, 0.2) is 30.3 Å². The molecule has 2 N–H and O–H groups in total. The highest BCUT2D eigenvalue weighted by atomic mass is 35.5. The van der Waals surface area contributed by atoms with Crippen molar-refractivity contribution in [2.75, 3.05) is 23.8 Å². The number of carbonyl (C=O) groups is 2. The molecule has 0 aromatic heterocycles. The van der Waals surface area contributed by atoms with E-state index in [-0.39, 0.29) is 22.8 Å². The van der Waals surface area contributed by atoms with Gasteiger partial charge < -0.3 is 20.1 Å². The SMILES string of the molecule is CC(=O)Nc1ccc(C(F)(F)F)cc1NC(=O)Cc1cc(Cl)c2c(c1)OCCCO2. The van der Waals surface area contributed by atoms with E-state index < -0.39 is 23.6 Å². The van der Waals surface area contributed by atoms with E-state index in [4.69, 9.17) is 21.1 Å². The zero-order valence-corrected chi connectivity index (χ0v) is 16.6. The number of halogens is 4. The molecular weight excluding hydrogens is 425 g/mol. The first-order valence-electron chi connectivity index (χ1n) is 9.00.